The number of urea groups is 1. The van der Waals surface area contributed by atoms with E-state index in [0.29, 0.717) is 5.56 Å². The highest BCUT2D eigenvalue weighted by molar-refractivity contribution is 6.31. The second-order valence-corrected chi connectivity index (χ2v) is 7.75. The number of likely N-dealkylation sites (N-methyl/N-ethyl adjacent to an activating group) is 1. The Hall–Kier alpha value is -3.92. The van der Waals surface area contributed by atoms with Gasteiger partial charge in [0.2, 0.25) is 0 Å². The quantitative estimate of drug-likeness (QED) is 0.435. The van der Waals surface area contributed by atoms with E-state index in [0.717, 1.165) is 15.7 Å². The number of nitrogens with one attached hydrogen (secondary N) is 2. The molecule has 1 atom stereocenters. The minimum absolute atomic E-state index is 0.0749. The monoisotopic (exact) mass is 488 g/mol. The summed E-state index contributed by atoms with van der Waals surface area (Å²) in [5.41, 5.74) is 0.358. The van der Waals surface area contributed by atoms with Crippen molar-refractivity contribution in [1.29, 1.82) is 0 Å². The Kier molecular flexibility index (Phi) is 8.20. The molecule has 0 spiro atoms. The normalized spacial score (nSPS) is 11.5. The van der Waals surface area contributed by atoms with Gasteiger partial charge in [0.05, 0.1) is 17.5 Å². The molecule has 0 bridgehead atoms. The number of carbonyl (C=O) groups excluding carboxylic acids is 2. The van der Waals surface area contributed by atoms with Gasteiger partial charge in [-0.05, 0) is 23.1 Å². The number of carbonyl (C=O) groups is 3. The first-order valence-corrected chi connectivity index (χ1v) is 10.6. The summed E-state index contributed by atoms with van der Waals surface area (Å²) < 4.78 is 18.7. The highest BCUT2D eigenvalue weighted by Crippen LogP contribution is 2.19. The van der Waals surface area contributed by atoms with Crippen molar-refractivity contribution < 1.29 is 28.6 Å². The van der Waals surface area contributed by atoms with E-state index in [-0.39, 0.29) is 24.0 Å². The van der Waals surface area contributed by atoms with Crippen LogP contribution in [0.4, 0.5) is 19.8 Å². The van der Waals surface area contributed by atoms with Crippen molar-refractivity contribution in [2.75, 3.05) is 19.0 Å². The highest BCUT2D eigenvalue weighted by atomic mass is 35.5. The number of halogens is 2. The van der Waals surface area contributed by atoms with Gasteiger partial charge in [-0.3, -0.25) is 10.1 Å². The van der Waals surface area contributed by atoms with Crippen molar-refractivity contribution in [1.82, 2.24) is 15.2 Å². The fourth-order valence-corrected chi connectivity index (χ4v) is 3.31. The summed E-state index contributed by atoms with van der Waals surface area (Å²) in [5, 5.41) is 15.9. The van der Waals surface area contributed by atoms with Gasteiger partial charge in [-0.1, -0.05) is 48.0 Å². The summed E-state index contributed by atoms with van der Waals surface area (Å²) in [7, 11) is 1.36. The molecule has 1 aromatic heterocycles. The minimum atomic E-state index is -1.18. The average molecular weight is 489 g/mol. The SMILES string of the molecule is CN(C(=O)NCc1cccc(F)c1Cl)C(COC(=O)Nc1cc2ccccc2cn1)CC(=O)O. The molecule has 9 nitrogen and oxygen atoms in total. The molecule has 2 aromatic carbocycles. The molecule has 3 amide bonds. The fraction of sp³-hybridized carbons (Fsp3) is 0.217. The van der Waals surface area contributed by atoms with Crippen molar-refractivity contribution >= 4 is 46.3 Å². The Labute approximate surface area is 199 Å². The van der Waals surface area contributed by atoms with E-state index >= 15 is 0 Å². The highest BCUT2D eigenvalue weighted by Gasteiger charge is 2.24. The largest absolute Gasteiger partial charge is 0.481 e. The molecule has 3 N–H and O–H groups in total. The molecule has 0 fully saturated rings. The Morgan fingerprint density at radius 3 is 2.65 bits per heavy atom. The number of aliphatic carboxylic acids is 1. The van der Waals surface area contributed by atoms with Crippen LogP contribution in [0.2, 0.25) is 5.02 Å². The van der Waals surface area contributed by atoms with Gasteiger partial charge >= 0.3 is 18.1 Å². The van der Waals surface area contributed by atoms with Crippen LogP contribution in [0.25, 0.3) is 10.8 Å². The summed E-state index contributed by atoms with van der Waals surface area (Å²) in [5.74, 6) is -1.54. The number of aromatic nitrogens is 1. The molecule has 0 aliphatic heterocycles. The lowest BCUT2D eigenvalue weighted by atomic mass is 10.2. The van der Waals surface area contributed by atoms with Crippen LogP contribution >= 0.6 is 11.6 Å². The molecule has 1 heterocycles. The number of hydrogen-bond donors (Lipinski definition) is 3. The van der Waals surface area contributed by atoms with Crippen molar-refractivity contribution in [2.24, 2.45) is 0 Å². The molecule has 0 radical (unpaired) electrons. The maximum Gasteiger partial charge on any atom is 0.412 e. The smallest absolute Gasteiger partial charge is 0.412 e. The molecular weight excluding hydrogens is 467 g/mol. The van der Waals surface area contributed by atoms with Crippen LogP contribution in [0, 0.1) is 5.82 Å². The predicted molar refractivity (Wildman–Crippen MR) is 124 cm³/mol. The second-order valence-electron chi connectivity index (χ2n) is 7.37. The summed E-state index contributed by atoms with van der Waals surface area (Å²) in [4.78, 5) is 41.2. The Bertz CT molecular complexity index is 1210. The molecular formula is C23H22ClFN4O5. The van der Waals surface area contributed by atoms with Crippen molar-refractivity contribution in [3.63, 3.8) is 0 Å². The molecule has 11 heteroatoms. The van der Waals surface area contributed by atoms with Crippen LogP contribution < -0.4 is 10.6 Å². The lowest BCUT2D eigenvalue weighted by molar-refractivity contribution is -0.138. The fourth-order valence-electron chi connectivity index (χ4n) is 3.12. The minimum Gasteiger partial charge on any atom is -0.481 e. The first-order valence-electron chi connectivity index (χ1n) is 10.2. The zero-order chi connectivity index (χ0) is 24.7. The predicted octanol–water partition coefficient (Wildman–Crippen LogP) is 4.26. The number of pyridine rings is 1. The number of nitrogens with zero attached hydrogens (tertiary/aromatic N) is 2. The van der Waals surface area contributed by atoms with Crippen LogP contribution in [0.1, 0.15) is 12.0 Å². The van der Waals surface area contributed by atoms with Crippen molar-refractivity contribution in [2.45, 2.75) is 19.0 Å². The van der Waals surface area contributed by atoms with Gasteiger partial charge in [0, 0.05) is 25.2 Å². The summed E-state index contributed by atoms with van der Waals surface area (Å²) in [6, 6.07) is 11.7. The van der Waals surface area contributed by atoms with Gasteiger partial charge in [-0.15, -0.1) is 0 Å². The van der Waals surface area contributed by atoms with Crippen LogP contribution in [0.5, 0.6) is 0 Å². The topological polar surface area (TPSA) is 121 Å². The third kappa shape index (κ3) is 6.55. The van der Waals surface area contributed by atoms with Gasteiger partial charge in [0.15, 0.2) is 0 Å². The van der Waals surface area contributed by atoms with Crippen LogP contribution in [-0.2, 0) is 16.1 Å². The number of benzene rings is 2. The van der Waals surface area contributed by atoms with Crippen molar-refractivity contribution in [3.8, 4) is 0 Å². The Morgan fingerprint density at radius 2 is 1.91 bits per heavy atom. The number of fused-ring (bicyclic) bond motifs is 1. The molecule has 34 heavy (non-hydrogen) atoms. The van der Waals surface area contributed by atoms with Crippen LogP contribution in [-0.4, -0.2) is 52.8 Å². The number of anilines is 1. The standard InChI is InChI=1S/C23H22ClFN4O5/c1-29(22(32)27-12-16-7-4-8-18(25)21(16)24)17(10-20(30)31)13-34-23(33)28-19-9-14-5-2-3-6-15(14)11-26-19/h2-9,11,17H,10,12-13H2,1H3,(H,27,32)(H,30,31)(H,26,28,33). The van der Waals surface area contributed by atoms with Crippen molar-refractivity contribution in [3.05, 3.63) is 71.1 Å². The van der Waals surface area contributed by atoms with Gasteiger partial charge in [-0.2, -0.15) is 0 Å². The number of rotatable bonds is 8. The maximum absolute atomic E-state index is 13.6. The number of amides is 3. The third-order valence-electron chi connectivity index (χ3n) is 5.01. The summed E-state index contributed by atoms with van der Waals surface area (Å²) in [6.07, 6.45) is 0.284. The van der Waals surface area contributed by atoms with E-state index in [1.54, 1.807) is 18.3 Å². The van der Waals surface area contributed by atoms with Gasteiger partial charge in [0.1, 0.15) is 18.2 Å². The number of hydrogen-bond acceptors (Lipinski definition) is 5. The lowest BCUT2D eigenvalue weighted by Crippen LogP contribution is -2.46. The van der Waals surface area contributed by atoms with Crippen LogP contribution in [0.3, 0.4) is 0 Å². The average Bonchev–Trinajstić information content (AvgIpc) is 2.81. The molecule has 1 unspecified atom stereocenters. The van der Waals surface area contributed by atoms with Gasteiger partial charge in [0.25, 0.3) is 0 Å². The maximum atomic E-state index is 13.6. The van der Waals surface area contributed by atoms with E-state index in [1.165, 1.54) is 19.2 Å². The van der Waals surface area contributed by atoms with Gasteiger partial charge in [-0.25, -0.2) is 19.0 Å². The molecule has 0 aliphatic rings. The number of carboxylic acid groups (broad SMARTS) is 1. The lowest BCUT2D eigenvalue weighted by Gasteiger charge is -2.27. The van der Waals surface area contributed by atoms with E-state index in [1.807, 2.05) is 24.3 Å². The zero-order valence-corrected chi connectivity index (χ0v) is 18.9. The van der Waals surface area contributed by atoms with Crippen LogP contribution in [0.15, 0.2) is 54.7 Å². The first kappa shape index (κ1) is 24.7. The summed E-state index contributed by atoms with van der Waals surface area (Å²) in [6.45, 7) is -0.453. The zero-order valence-electron chi connectivity index (χ0n) is 18.1. The molecule has 3 aromatic rings. The Morgan fingerprint density at radius 1 is 1.18 bits per heavy atom. The Balaban J connectivity index is 1.57. The van der Waals surface area contributed by atoms with E-state index in [9.17, 15) is 23.9 Å². The first-order chi connectivity index (χ1) is 16.2. The molecule has 3 rings (SSSR count). The van der Waals surface area contributed by atoms with E-state index in [4.69, 9.17) is 16.3 Å². The van der Waals surface area contributed by atoms with Gasteiger partial charge < -0.3 is 20.1 Å². The molecule has 178 valence electrons. The van der Waals surface area contributed by atoms with E-state index in [2.05, 4.69) is 15.6 Å². The van der Waals surface area contributed by atoms with E-state index < -0.39 is 36.4 Å². The summed E-state index contributed by atoms with van der Waals surface area (Å²) >= 11 is 5.88. The second kappa shape index (κ2) is 11.3. The third-order valence-corrected chi connectivity index (χ3v) is 5.43. The number of carboxylic acids is 1. The molecule has 0 saturated carbocycles. The molecule has 0 saturated heterocycles. The molecule has 0 aliphatic carbocycles. The number of ether oxygens (including phenoxy) is 1.